The third kappa shape index (κ3) is 3.55. The fourth-order valence-electron chi connectivity index (χ4n) is 3.05. The molecule has 0 unspecified atom stereocenters. The topological polar surface area (TPSA) is 24.8 Å². The van der Waals surface area contributed by atoms with Gasteiger partial charge in [0, 0.05) is 11.1 Å². The second kappa shape index (κ2) is 6.75. The summed E-state index contributed by atoms with van der Waals surface area (Å²) in [6.45, 7) is 6.80. The van der Waals surface area contributed by atoms with E-state index < -0.39 is 0 Å². The van der Waals surface area contributed by atoms with Crippen molar-refractivity contribution in [2.75, 3.05) is 26.2 Å². The summed E-state index contributed by atoms with van der Waals surface area (Å²) in [5.74, 6) is 0.169. The van der Waals surface area contributed by atoms with E-state index in [-0.39, 0.29) is 5.91 Å². The highest BCUT2D eigenvalue weighted by atomic mass is 16.2. The molecule has 0 atom stereocenters. The summed E-state index contributed by atoms with van der Waals surface area (Å²) in [7, 11) is 0. The molecule has 1 aliphatic rings. The summed E-state index contributed by atoms with van der Waals surface area (Å²) in [6, 6.07) is 18.5. The number of rotatable bonds is 3. The number of carbonyl (C=O) groups is 1. The fourth-order valence-corrected chi connectivity index (χ4v) is 3.05. The lowest BCUT2D eigenvalue weighted by molar-refractivity contribution is -0.917. The number of quaternary nitrogens is 1. The third-order valence-electron chi connectivity index (χ3n) is 4.32. The predicted octanol–water partition coefficient (Wildman–Crippen LogP) is 1.54. The first-order valence-electron chi connectivity index (χ1n) is 7.96. The van der Waals surface area contributed by atoms with Gasteiger partial charge in [-0.2, -0.15) is 0 Å². The standard InChI is InChI=1S/C19H22N2O/c1-16-6-5-9-18(14-16)19(22)21-12-10-20(11-13-21)15-17-7-3-2-4-8-17/h2-9,14H,10-13,15H2,1H3/p+1. The number of carbonyl (C=O) groups excluding carboxylic acids is 1. The second-order valence-corrected chi connectivity index (χ2v) is 6.07. The van der Waals surface area contributed by atoms with E-state index in [4.69, 9.17) is 0 Å². The Morgan fingerprint density at radius 2 is 1.77 bits per heavy atom. The van der Waals surface area contributed by atoms with Crippen LogP contribution >= 0.6 is 0 Å². The lowest BCUT2D eigenvalue weighted by Gasteiger charge is -2.32. The van der Waals surface area contributed by atoms with E-state index in [1.807, 2.05) is 36.1 Å². The van der Waals surface area contributed by atoms with Crippen molar-refractivity contribution in [3.8, 4) is 0 Å². The van der Waals surface area contributed by atoms with Gasteiger partial charge in [-0.1, -0.05) is 48.0 Å². The van der Waals surface area contributed by atoms with Crippen LogP contribution in [0.1, 0.15) is 21.5 Å². The normalized spacial score (nSPS) is 15.8. The molecule has 2 aromatic carbocycles. The molecule has 3 heteroatoms. The monoisotopic (exact) mass is 295 g/mol. The largest absolute Gasteiger partial charge is 0.328 e. The Balaban J connectivity index is 1.56. The van der Waals surface area contributed by atoms with E-state index >= 15 is 0 Å². The van der Waals surface area contributed by atoms with Crippen LogP contribution < -0.4 is 4.90 Å². The van der Waals surface area contributed by atoms with E-state index in [0.29, 0.717) is 0 Å². The van der Waals surface area contributed by atoms with Crippen LogP contribution in [0.25, 0.3) is 0 Å². The number of aryl methyl sites for hydroxylation is 1. The molecule has 1 fully saturated rings. The summed E-state index contributed by atoms with van der Waals surface area (Å²) in [6.07, 6.45) is 0. The van der Waals surface area contributed by atoms with Crippen molar-refractivity contribution in [1.82, 2.24) is 4.90 Å². The Labute approximate surface area is 132 Å². The molecule has 1 amide bonds. The third-order valence-corrected chi connectivity index (χ3v) is 4.32. The van der Waals surface area contributed by atoms with Crippen LogP contribution in [0.3, 0.4) is 0 Å². The van der Waals surface area contributed by atoms with Gasteiger partial charge in [-0.3, -0.25) is 4.79 Å². The quantitative estimate of drug-likeness (QED) is 0.913. The number of nitrogens with one attached hydrogen (secondary N) is 1. The van der Waals surface area contributed by atoms with Gasteiger partial charge in [-0.05, 0) is 19.1 Å². The summed E-state index contributed by atoms with van der Waals surface area (Å²) >= 11 is 0. The molecular weight excluding hydrogens is 272 g/mol. The zero-order valence-electron chi connectivity index (χ0n) is 13.1. The first-order valence-corrected chi connectivity index (χ1v) is 7.96. The SMILES string of the molecule is Cc1cccc(C(=O)N2CC[NH+](Cc3ccccc3)CC2)c1. The summed E-state index contributed by atoms with van der Waals surface area (Å²) in [5.41, 5.74) is 3.32. The Morgan fingerprint density at radius 3 is 2.45 bits per heavy atom. The molecule has 0 aromatic heterocycles. The Morgan fingerprint density at radius 1 is 1.05 bits per heavy atom. The maximum absolute atomic E-state index is 12.5. The zero-order chi connectivity index (χ0) is 15.4. The number of hydrogen-bond acceptors (Lipinski definition) is 1. The Kier molecular flexibility index (Phi) is 4.54. The number of hydrogen-bond donors (Lipinski definition) is 1. The van der Waals surface area contributed by atoms with Crippen molar-refractivity contribution in [2.24, 2.45) is 0 Å². The van der Waals surface area contributed by atoms with E-state index in [1.54, 1.807) is 4.90 Å². The van der Waals surface area contributed by atoms with Crippen LogP contribution in [0.15, 0.2) is 54.6 Å². The Hall–Kier alpha value is -2.13. The van der Waals surface area contributed by atoms with E-state index in [9.17, 15) is 4.79 Å². The highest BCUT2D eigenvalue weighted by molar-refractivity contribution is 5.94. The Bertz CT molecular complexity index is 631. The van der Waals surface area contributed by atoms with Gasteiger partial charge >= 0.3 is 0 Å². The average molecular weight is 295 g/mol. The summed E-state index contributed by atoms with van der Waals surface area (Å²) < 4.78 is 0. The minimum atomic E-state index is 0.169. The number of piperazine rings is 1. The molecule has 1 aliphatic heterocycles. The predicted molar refractivity (Wildman–Crippen MR) is 87.9 cm³/mol. The maximum Gasteiger partial charge on any atom is 0.254 e. The highest BCUT2D eigenvalue weighted by Crippen LogP contribution is 2.08. The van der Waals surface area contributed by atoms with Crippen LogP contribution in [-0.2, 0) is 6.54 Å². The zero-order valence-corrected chi connectivity index (χ0v) is 13.1. The van der Waals surface area contributed by atoms with Gasteiger partial charge in [0.1, 0.15) is 6.54 Å². The molecule has 1 heterocycles. The number of benzene rings is 2. The minimum Gasteiger partial charge on any atom is -0.328 e. The van der Waals surface area contributed by atoms with E-state index in [0.717, 1.165) is 43.9 Å². The van der Waals surface area contributed by atoms with Gasteiger partial charge in [-0.15, -0.1) is 0 Å². The first kappa shape index (κ1) is 14.8. The van der Waals surface area contributed by atoms with Crippen molar-refractivity contribution in [1.29, 1.82) is 0 Å². The van der Waals surface area contributed by atoms with Gasteiger partial charge in [0.05, 0.1) is 26.2 Å². The van der Waals surface area contributed by atoms with Gasteiger partial charge in [0.2, 0.25) is 0 Å². The molecular formula is C19H23N2O+. The van der Waals surface area contributed by atoms with Crippen molar-refractivity contribution in [3.05, 3.63) is 71.3 Å². The molecule has 3 nitrogen and oxygen atoms in total. The lowest BCUT2D eigenvalue weighted by atomic mass is 10.1. The van der Waals surface area contributed by atoms with E-state index in [1.165, 1.54) is 5.56 Å². The molecule has 1 N–H and O–H groups in total. The van der Waals surface area contributed by atoms with Crippen LogP contribution in [0.2, 0.25) is 0 Å². The van der Waals surface area contributed by atoms with E-state index in [2.05, 4.69) is 30.3 Å². The molecule has 114 valence electrons. The van der Waals surface area contributed by atoms with Gasteiger partial charge in [-0.25, -0.2) is 0 Å². The van der Waals surface area contributed by atoms with Crippen LogP contribution in [0, 0.1) is 6.92 Å². The van der Waals surface area contributed by atoms with Crippen LogP contribution in [0.4, 0.5) is 0 Å². The molecule has 0 bridgehead atoms. The van der Waals surface area contributed by atoms with Gasteiger partial charge in [0.25, 0.3) is 5.91 Å². The molecule has 0 radical (unpaired) electrons. The highest BCUT2D eigenvalue weighted by Gasteiger charge is 2.24. The van der Waals surface area contributed by atoms with Crippen LogP contribution in [-0.4, -0.2) is 37.0 Å². The van der Waals surface area contributed by atoms with Crippen molar-refractivity contribution in [2.45, 2.75) is 13.5 Å². The van der Waals surface area contributed by atoms with Crippen LogP contribution in [0.5, 0.6) is 0 Å². The average Bonchev–Trinajstić information content (AvgIpc) is 2.56. The smallest absolute Gasteiger partial charge is 0.254 e. The lowest BCUT2D eigenvalue weighted by Crippen LogP contribution is -3.13. The molecule has 0 spiro atoms. The second-order valence-electron chi connectivity index (χ2n) is 6.07. The number of amides is 1. The minimum absolute atomic E-state index is 0.169. The summed E-state index contributed by atoms with van der Waals surface area (Å²) in [5, 5.41) is 0. The summed E-state index contributed by atoms with van der Waals surface area (Å²) in [4.78, 5) is 16.1. The molecule has 3 rings (SSSR count). The van der Waals surface area contributed by atoms with Crippen molar-refractivity contribution < 1.29 is 9.69 Å². The molecule has 0 aliphatic carbocycles. The van der Waals surface area contributed by atoms with Gasteiger partial charge in [0.15, 0.2) is 0 Å². The molecule has 0 saturated carbocycles. The molecule has 2 aromatic rings. The van der Waals surface area contributed by atoms with Crippen molar-refractivity contribution in [3.63, 3.8) is 0 Å². The number of nitrogens with zero attached hydrogens (tertiary/aromatic N) is 1. The van der Waals surface area contributed by atoms with Gasteiger partial charge < -0.3 is 9.80 Å². The molecule has 1 saturated heterocycles. The fraction of sp³-hybridized carbons (Fsp3) is 0.316. The van der Waals surface area contributed by atoms with Crippen molar-refractivity contribution >= 4 is 5.91 Å². The maximum atomic E-state index is 12.5. The first-order chi connectivity index (χ1) is 10.7. The molecule has 22 heavy (non-hydrogen) atoms.